The third kappa shape index (κ3) is 8.60. The molecule has 4 nitrogen and oxygen atoms in total. The van der Waals surface area contributed by atoms with Crippen LogP contribution in [0.2, 0.25) is 0 Å². The third-order valence-corrected chi connectivity index (χ3v) is 13.4. The van der Waals surface area contributed by atoms with Crippen LogP contribution < -0.4 is 20.9 Å². The van der Waals surface area contributed by atoms with Crippen molar-refractivity contribution in [2.75, 3.05) is 11.5 Å². The number of benzene rings is 10. The average molecular weight is 973 g/mol. The predicted molar refractivity (Wildman–Crippen MR) is 277 cm³/mol. The molecule has 1 aliphatic rings. The molecule has 0 bridgehead atoms. The van der Waals surface area contributed by atoms with Crippen LogP contribution in [0.3, 0.4) is 0 Å². The molecule has 358 valence electrons. The summed E-state index contributed by atoms with van der Waals surface area (Å²) in [5.41, 5.74) is 18.4. The Morgan fingerprint density at radius 3 is 1.01 bits per heavy atom. The second kappa shape index (κ2) is 18.3. The molecule has 0 atom stereocenters. The lowest BCUT2D eigenvalue weighted by Gasteiger charge is -2.37. The fourth-order valence-corrected chi connectivity index (χ4v) is 10.1. The first kappa shape index (κ1) is 46.4. The van der Waals surface area contributed by atoms with Crippen LogP contribution in [0.4, 0.5) is 37.7 Å². The van der Waals surface area contributed by atoms with E-state index in [1.165, 1.54) is 24.3 Å². The van der Waals surface area contributed by atoms with Crippen molar-refractivity contribution in [3.05, 3.63) is 264 Å². The van der Waals surface area contributed by atoms with Crippen LogP contribution in [0.1, 0.15) is 33.4 Å². The Kier molecular flexibility index (Phi) is 11.6. The molecule has 1 aliphatic carbocycles. The van der Waals surface area contributed by atoms with Crippen LogP contribution >= 0.6 is 0 Å². The summed E-state index contributed by atoms with van der Waals surface area (Å²) in [6, 6.07) is 68.2. The maximum absolute atomic E-state index is 15.0. The first-order valence-corrected chi connectivity index (χ1v) is 23.3. The molecule has 0 heterocycles. The highest BCUT2D eigenvalue weighted by molar-refractivity contribution is 5.90. The Bertz CT molecular complexity index is 3460. The van der Waals surface area contributed by atoms with Crippen LogP contribution in [0.5, 0.6) is 23.0 Å². The van der Waals surface area contributed by atoms with Gasteiger partial charge in [0.15, 0.2) is 0 Å². The van der Waals surface area contributed by atoms with Crippen molar-refractivity contribution in [3.8, 4) is 78.6 Å². The number of anilines is 2. The number of alkyl halides is 6. The molecule has 0 spiro atoms. The van der Waals surface area contributed by atoms with Crippen LogP contribution in [-0.4, -0.2) is 0 Å². The number of hydrogen-bond donors (Lipinski definition) is 2. The Balaban J connectivity index is 1.26. The van der Waals surface area contributed by atoms with E-state index in [0.29, 0.717) is 33.4 Å². The van der Waals surface area contributed by atoms with Crippen molar-refractivity contribution in [2.45, 2.75) is 17.8 Å². The van der Waals surface area contributed by atoms with Gasteiger partial charge < -0.3 is 20.9 Å². The maximum Gasteiger partial charge on any atom is 0.420 e. The molecule has 73 heavy (non-hydrogen) atoms. The molecule has 0 saturated carbocycles. The first-order chi connectivity index (χ1) is 35.3. The van der Waals surface area contributed by atoms with Gasteiger partial charge in [0.25, 0.3) is 0 Å². The number of fused-ring (bicyclic) bond motifs is 3. The largest absolute Gasteiger partial charge is 0.456 e. The minimum absolute atomic E-state index is 0.0376. The van der Waals surface area contributed by atoms with E-state index in [-0.39, 0.29) is 22.9 Å². The van der Waals surface area contributed by atoms with E-state index in [2.05, 4.69) is 0 Å². The number of nitrogens with two attached hydrogens (primary N) is 2. The highest BCUT2D eigenvalue weighted by Gasteiger charge is 2.50. The molecule has 0 aromatic heterocycles. The van der Waals surface area contributed by atoms with Gasteiger partial charge in [-0.15, -0.1) is 0 Å². The molecule has 0 saturated heterocycles. The number of rotatable bonds is 10. The lowest BCUT2D eigenvalue weighted by Crippen LogP contribution is -2.30. The van der Waals surface area contributed by atoms with Crippen LogP contribution in [0, 0.1) is 0 Å². The van der Waals surface area contributed by atoms with Crippen molar-refractivity contribution in [1.29, 1.82) is 0 Å². The van der Waals surface area contributed by atoms with Crippen molar-refractivity contribution < 1.29 is 35.8 Å². The number of halogens is 6. The minimum Gasteiger partial charge on any atom is -0.456 e. The van der Waals surface area contributed by atoms with Gasteiger partial charge in [0.1, 0.15) is 34.1 Å². The molecule has 10 aromatic carbocycles. The zero-order valence-corrected chi connectivity index (χ0v) is 38.7. The van der Waals surface area contributed by atoms with Crippen molar-refractivity contribution in [1.82, 2.24) is 0 Å². The highest BCUT2D eigenvalue weighted by atomic mass is 19.4. The summed E-state index contributed by atoms with van der Waals surface area (Å²) in [5, 5.41) is 0. The van der Waals surface area contributed by atoms with E-state index in [4.69, 9.17) is 20.9 Å². The van der Waals surface area contributed by atoms with Crippen LogP contribution in [-0.2, 0) is 17.8 Å². The summed E-state index contributed by atoms with van der Waals surface area (Å²) in [6.45, 7) is 0. The molecule has 4 N–H and O–H groups in total. The van der Waals surface area contributed by atoms with Gasteiger partial charge >= 0.3 is 12.4 Å². The van der Waals surface area contributed by atoms with Gasteiger partial charge in [-0.2, -0.15) is 26.3 Å². The standard InChI is InChI=1S/C63H42F6N2O2/c64-62(65,66)55-37-47(70)27-31-59(55)72-57-29-25-45(43-19-11-17-41(33-43)39-13-3-1-4-14-39)35-53(57)61(51-23-9-7-21-49(51)50-22-8-10-24-52(50)61)54-36-46(44-20-12-18-42(34-44)40-15-5-2-6-16-40)26-30-58(54)73-60-32-28-48(71)38-56(60)63(67,68)69/h1-38H,70-71H2. The Morgan fingerprint density at radius 2 is 0.616 bits per heavy atom. The first-order valence-electron chi connectivity index (χ1n) is 23.3. The molecular formula is C63H42F6N2O2. The normalized spacial score (nSPS) is 12.7. The summed E-state index contributed by atoms with van der Waals surface area (Å²) in [4.78, 5) is 0. The average Bonchev–Trinajstić information content (AvgIpc) is 3.72. The Labute approximate surface area is 417 Å². The number of nitrogen functional groups attached to an aromatic ring is 2. The fourth-order valence-electron chi connectivity index (χ4n) is 10.1. The molecule has 0 radical (unpaired) electrons. The second-order valence-corrected chi connectivity index (χ2v) is 17.9. The molecule has 10 heteroatoms. The SMILES string of the molecule is Nc1ccc(Oc2ccc(-c3cccc(-c4ccccc4)c3)cc2C2(c3cc(-c4cccc(-c5ccccc5)c4)ccc3Oc3ccc(N)cc3C(F)(F)F)c3ccccc3-c3ccccc32)c(C(F)(F)F)c1. The monoisotopic (exact) mass is 972 g/mol. The zero-order chi connectivity index (χ0) is 50.5. The maximum atomic E-state index is 15.0. The topological polar surface area (TPSA) is 70.5 Å². The van der Waals surface area contributed by atoms with Gasteiger partial charge in [0.2, 0.25) is 0 Å². The summed E-state index contributed by atoms with van der Waals surface area (Å²) in [5.74, 6) is -0.932. The van der Waals surface area contributed by atoms with E-state index in [9.17, 15) is 0 Å². The zero-order valence-electron chi connectivity index (χ0n) is 38.7. The van der Waals surface area contributed by atoms with Gasteiger partial charge in [-0.3, -0.25) is 0 Å². The summed E-state index contributed by atoms with van der Waals surface area (Å²) in [6.07, 6.45) is -9.74. The van der Waals surface area contributed by atoms with Crippen LogP contribution in [0.25, 0.3) is 55.6 Å². The fraction of sp³-hybridized carbons (Fsp3) is 0.0476. The molecule has 0 aliphatic heterocycles. The molecule has 0 amide bonds. The highest BCUT2D eigenvalue weighted by Crippen LogP contribution is 2.61. The summed E-state index contributed by atoms with van der Waals surface area (Å²) in [7, 11) is 0. The Hall–Kier alpha value is -9.02. The lowest BCUT2D eigenvalue weighted by molar-refractivity contribution is -0.139. The van der Waals surface area contributed by atoms with Gasteiger partial charge in [-0.25, -0.2) is 0 Å². The van der Waals surface area contributed by atoms with Crippen molar-refractivity contribution >= 4 is 11.4 Å². The van der Waals surface area contributed by atoms with Crippen molar-refractivity contribution in [2.24, 2.45) is 0 Å². The molecule has 11 rings (SSSR count). The van der Waals surface area contributed by atoms with Gasteiger partial charge in [0, 0.05) is 22.5 Å². The van der Waals surface area contributed by atoms with E-state index in [1.54, 1.807) is 24.3 Å². The molecule has 10 aromatic rings. The quantitative estimate of drug-likeness (QED) is 0.106. The number of hydrogen-bond acceptors (Lipinski definition) is 4. The third-order valence-electron chi connectivity index (χ3n) is 13.4. The van der Waals surface area contributed by atoms with Gasteiger partial charge in [-0.05, 0) is 140 Å². The predicted octanol–water partition coefficient (Wildman–Crippen LogP) is 17.5. The summed E-state index contributed by atoms with van der Waals surface area (Å²) >= 11 is 0. The van der Waals surface area contributed by atoms with E-state index < -0.39 is 40.4 Å². The van der Waals surface area contributed by atoms with E-state index >= 15 is 26.3 Å². The minimum atomic E-state index is -4.87. The summed E-state index contributed by atoms with van der Waals surface area (Å²) < 4.78 is 103. The van der Waals surface area contributed by atoms with Crippen molar-refractivity contribution in [3.63, 3.8) is 0 Å². The Morgan fingerprint density at radius 1 is 0.288 bits per heavy atom. The second-order valence-electron chi connectivity index (χ2n) is 17.9. The van der Waals surface area contributed by atoms with E-state index in [0.717, 1.165) is 56.6 Å². The number of ether oxygens (including phenoxy) is 2. The molecular weight excluding hydrogens is 931 g/mol. The smallest absolute Gasteiger partial charge is 0.420 e. The molecule has 0 fully saturated rings. The molecule has 0 unspecified atom stereocenters. The van der Waals surface area contributed by atoms with Crippen LogP contribution in [0.15, 0.2) is 231 Å². The van der Waals surface area contributed by atoms with Gasteiger partial charge in [0.05, 0.1) is 5.41 Å². The van der Waals surface area contributed by atoms with E-state index in [1.807, 2.05) is 170 Å². The lowest BCUT2D eigenvalue weighted by atomic mass is 9.66. The van der Waals surface area contributed by atoms with Gasteiger partial charge in [-0.1, -0.05) is 158 Å².